The van der Waals surface area contributed by atoms with Crippen molar-refractivity contribution < 1.29 is 50.3 Å². The molecule has 0 unspecified atom stereocenters. The number of hydrogen-bond acceptors (Lipinski definition) is 4. The van der Waals surface area contributed by atoms with E-state index in [4.69, 9.17) is 19.6 Å². The summed E-state index contributed by atoms with van der Waals surface area (Å²) in [5, 5.41) is 6.03. The topological polar surface area (TPSA) is 148 Å². The smallest absolute Gasteiger partial charge is 0.364 e. The minimum atomic E-state index is -5.48. The number of pyridine rings is 1. The molecule has 1 heterocycles. The molecular formula is C6H9NNiO7P2. The third-order valence-electron chi connectivity index (χ3n) is 1.86. The minimum Gasteiger partial charge on any atom is -0.364 e. The maximum atomic E-state index is 11.0. The number of aromatic nitrogens is 1. The van der Waals surface area contributed by atoms with Crippen LogP contribution in [0.15, 0.2) is 24.5 Å². The van der Waals surface area contributed by atoms with Gasteiger partial charge in [-0.15, -0.1) is 0 Å². The first-order chi connectivity index (χ1) is 7.11. The van der Waals surface area contributed by atoms with Crippen molar-refractivity contribution in [2.45, 2.75) is 5.08 Å². The molecule has 1 aromatic rings. The van der Waals surface area contributed by atoms with E-state index in [1.54, 1.807) is 0 Å². The predicted molar refractivity (Wildman–Crippen MR) is 52.2 cm³/mol. The molecule has 0 atom stereocenters. The van der Waals surface area contributed by atoms with E-state index in [9.17, 15) is 14.2 Å². The first-order valence-corrected chi connectivity index (χ1v) is 7.07. The Morgan fingerprint density at radius 2 is 1.59 bits per heavy atom. The van der Waals surface area contributed by atoms with Crippen molar-refractivity contribution in [3.05, 3.63) is 30.1 Å². The number of aliphatic hydroxyl groups is 1. The standard InChI is InChI=1S/C6H9NO7P2.Ni/c8-6(15(9,10)11,16(12,13)14)5-2-1-3-7-4-5;/h1-4,8H,(H2,9,10,11)(H2,12,13,14);. The van der Waals surface area contributed by atoms with Gasteiger partial charge in [0.2, 0.25) is 0 Å². The van der Waals surface area contributed by atoms with Gasteiger partial charge in [-0.3, -0.25) is 14.1 Å². The predicted octanol–water partition coefficient (Wildman–Crippen LogP) is -0.463. The van der Waals surface area contributed by atoms with Crippen LogP contribution in [0.4, 0.5) is 0 Å². The molecule has 17 heavy (non-hydrogen) atoms. The summed E-state index contributed by atoms with van der Waals surface area (Å²) in [4.78, 5) is 38.9. The largest absolute Gasteiger partial charge is 0.374 e. The maximum absolute atomic E-state index is 11.0. The van der Waals surface area contributed by atoms with Gasteiger partial charge in [-0.25, -0.2) is 0 Å². The Kier molecular flexibility index (Phi) is 5.23. The van der Waals surface area contributed by atoms with Gasteiger partial charge in [0.1, 0.15) is 0 Å². The molecule has 0 spiro atoms. The van der Waals surface area contributed by atoms with E-state index in [1.807, 2.05) is 0 Å². The molecule has 1 rings (SSSR count). The van der Waals surface area contributed by atoms with Crippen molar-refractivity contribution in [3.63, 3.8) is 0 Å². The van der Waals surface area contributed by atoms with Crippen LogP contribution < -0.4 is 0 Å². The van der Waals surface area contributed by atoms with Crippen molar-refractivity contribution in [3.8, 4) is 0 Å². The summed E-state index contributed by atoms with van der Waals surface area (Å²) in [5.74, 6) is 0. The van der Waals surface area contributed by atoms with Crippen molar-refractivity contribution in [1.82, 2.24) is 4.98 Å². The van der Waals surface area contributed by atoms with Crippen molar-refractivity contribution in [2.24, 2.45) is 0 Å². The Balaban J connectivity index is 0.00000256. The second-order valence-corrected chi connectivity index (χ2v) is 6.79. The molecule has 0 aromatic carbocycles. The van der Waals surface area contributed by atoms with E-state index in [2.05, 4.69) is 4.98 Å². The Morgan fingerprint density at radius 1 is 1.12 bits per heavy atom. The molecular weight excluding hydrogens is 319 g/mol. The first-order valence-electron chi connectivity index (χ1n) is 3.85. The molecule has 8 nitrogen and oxygen atoms in total. The number of nitrogens with zero attached hydrogens (tertiary/aromatic N) is 1. The van der Waals surface area contributed by atoms with Gasteiger partial charge in [0.05, 0.1) is 0 Å². The third-order valence-corrected chi connectivity index (χ3v) is 5.57. The van der Waals surface area contributed by atoms with Crippen molar-refractivity contribution in [1.29, 1.82) is 0 Å². The van der Waals surface area contributed by atoms with Crippen LogP contribution in [-0.2, 0) is 30.7 Å². The monoisotopic (exact) mass is 327 g/mol. The Labute approximate surface area is 106 Å². The summed E-state index contributed by atoms with van der Waals surface area (Å²) in [7, 11) is -11.0. The normalized spacial score (nSPS) is 13.0. The second kappa shape index (κ2) is 5.26. The number of rotatable bonds is 3. The van der Waals surface area contributed by atoms with Gasteiger partial charge in [0.15, 0.2) is 0 Å². The Morgan fingerprint density at radius 3 is 1.88 bits per heavy atom. The van der Waals surface area contributed by atoms with Gasteiger partial charge in [-0.1, -0.05) is 6.07 Å². The Hall–Kier alpha value is -0.0965. The van der Waals surface area contributed by atoms with E-state index in [0.29, 0.717) is 0 Å². The van der Waals surface area contributed by atoms with Gasteiger partial charge in [-0.2, -0.15) is 0 Å². The molecule has 0 aliphatic heterocycles. The summed E-state index contributed by atoms with van der Waals surface area (Å²) in [5.41, 5.74) is -0.642. The van der Waals surface area contributed by atoms with E-state index in [0.717, 1.165) is 12.3 Å². The van der Waals surface area contributed by atoms with Crippen LogP contribution in [0.2, 0.25) is 0 Å². The Bertz CT molecular complexity index is 447. The van der Waals surface area contributed by atoms with E-state index >= 15 is 0 Å². The zero-order valence-electron chi connectivity index (χ0n) is 8.02. The summed E-state index contributed by atoms with van der Waals surface area (Å²) in [6.45, 7) is 0. The van der Waals surface area contributed by atoms with Gasteiger partial charge >= 0.3 is 15.2 Å². The zero-order valence-corrected chi connectivity index (χ0v) is 10.8. The van der Waals surface area contributed by atoms with Crippen LogP contribution in [0.1, 0.15) is 5.56 Å². The molecule has 0 fully saturated rings. The summed E-state index contributed by atoms with van der Waals surface area (Å²) in [6.07, 6.45) is 2.00. The molecule has 5 N–H and O–H groups in total. The summed E-state index contributed by atoms with van der Waals surface area (Å²) in [6, 6.07) is 2.15. The first kappa shape index (κ1) is 16.9. The maximum Gasteiger partial charge on any atom is 0.374 e. The fraction of sp³-hybridized carbons (Fsp3) is 0.167. The molecule has 1 aromatic heterocycles. The summed E-state index contributed by atoms with van der Waals surface area (Å²) >= 11 is 0. The average molecular weight is 328 g/mol. The molecule has 0 saturated heterocycles. The van der Waals surface area contributed by atoms with Gasteiger partial charge in [0.25, 0.3) is 5.08 Å². The third kappa shape index (κ3) is 3.02. The zero-order chi connectivity index (χ0) is 12.6. The average Bonchev–Trinajstić information content (AvgIpc) is 2.14. The SMILES string of the molecule is O=P(O)(O)C(O)(c1cccnc1)P(=O)(O)O.[Ni]. The van der Waals surface area contributed by atoms with Crippen LogP contribution in [0, 0.1) is 0 Å². The van der Waals surface area contributed by atoms with Gasteiger partial charge in [0, 0.05) is 34.4 Å². The van der Waals surface area contributed by atoms with Crippen molar-refractivity contribution >= 4 is 15.2 Å². The van der Waals surface area contributed by atoms with Crippen LogP contribution >= 0.6 is 15.2 Å². The molecule has 0 bridgehead atoms. The fourth-order valence-corrected chi connectivity index (χ4v) is 3.36. The van der Waals surface area contributed by atoms with Crippen LogP contribution in [0.3, 0.4) is 0 Å². The molecule has 0 amide bonds. The minimum absolute atomic E-state index is 0. The summed E-state index contributed by atoms with van der Waals surface area (Å²) < 4.78 is 22.0. The molecule has 0 saturated carbocycles. The number of hydrogen-bond donors (Lipinski definition) is 5. The second-order valence-electron chi connectivity index (χ2n) is 2.97. The molecule has 0 radical (unpaired) electrons. The van der Waals surface area contributed by atoms with E-state index in [1.165, 1.54) is 12.3 Å². The fourth-order valence-electron chi connectivity index (χ4n) is 1.07. The molecule has 0 aliphatic rings. The van der Waals surface area contributed by atoms with Crippen molar-refractivity contribution in [2.75, 3.05) is 0 Å². The van der Waals surface area contributed by atoms with E-state index < -0.39 is 25.8 Å². The van der Waals surface area contributed by atoms with Crippen LogP contribution in [0.25, 0.3) is 0 Å². The van der Waals surface area contributed by atoms with Crippen LogP contribution in [0.5, 0.6) is 0 Å². The molecule has 11 heteroatoms. The molecule has 100 valence electrons. The van der Waals surface area contributed by atoms with E-state index in [-0.39, 0.29) is 16.5 Å². The quantitative estimate of drug-likeness (QED) is 0.370. The molecule has 0 aliphatic carbocycles. The van der Waals surface area contributed by atoms with Crippen LogP contribution in [-0.4, -0.2) is 29.7 Å². The van der Waals surface area contributed by atoms with Gasteiger partial charge in [-0.05, 0) is 6.07 Å². The van der Waals surface area contributed by atoms with Gasteiger partial charge < -0.3 is 24.7 Å².